The van der Waals surface area contributed by atoms with Gasteiger partial charge in [0, 0.05) is 39.8 Å². The molecule has 0 radical (unpaired) electrons. The second-order valence-corrected chi connectivity index (χ2v) is 7.92. The number of nitrogens with zero attached hydrogens (tertiary/aromatic N) is 4. The summed E-state index contributed by atoms with van der Waals surface area (Å²) in [7, 11) is 3.89. The van der Waals surface area contributed by atoms with Crippen LogP contribution < -0.4 is 9.64 Å². The number of rotatable bonds is 12. The highest BCUT2D eigenvalue weighted by Crippen LogP contribution is 2.23. The summed E-state index contributed by atoms with van der Waals surface area (Å²) in [6.45, 7) is 6.99. The minimum absolute atomic E-state index is 0.0434. The molecule has 0 unspecified atom stereocenters. The summed E-state index contributed by atoms with van der Waals surface area (Å²) in [5.41, 5.74) is 2.65. The van der Waals surface area contributed by atoms with Gasteiger partial charge in [0.05, 0.1) is 24.4 Å². The first-order chi connectivity index (χ1) is 15.9. The zero-order chi connectivity index (χ0) is 23.8. The number of ether oxygens (including phenoxy) is 1. The highest BCUT2D eigenvalue weighted by Gasteiger charge is 2.13. The van der Waals surface area contributed by atoms with Crippen molar-refractivity contribution in [1.82, 2.24) is 14.9 Å². The smallest absolute Gasteiger partial charge is 0.317 e. The van der Waals surface area contributed by atoms with Crippen molar-refractivity contribution >= 4 is 11.8 Å². The normalized spacial score (nSPS) is 10.9. The molecular weight excluding hydrogens is 420 g/mol. The molecule has 1 aromatic carbocycles. The summed E-state index contributed by atoms with van der Waals surface area (Å²) in [6, 6.07) is 11.5. The molecule has 174 valence electrons. The van der Waals surface area contributed by atoms with E-state index in [0.717, 1.165) is 34.1 Å². The van der Waals surface area contributed by atoms with E-state index in [1.54, 1.807) is 17.2 Å². The lowest BCUT2D eigenvalue weighted by Gasteiger charge is -2.18. The lowest BCUT2D eigenvalue weighted by molar-refractivity contribution is -0.138. The fourth-order valence-electron chi connectivity index (χ4n) is 3.38. The van der Waals surface area contributed by atoms with Crippen molar-refractivity contribution in [3.8, 4) is 17.2 Å². The van der Waals surface area contributed by atoms with Crippen LogP contribution in [0, 0.1) is 6.92 Å². The van der Waals surface area contributed by atoms with Crippen LogP contribution in [0.15, 0.2) is 59.7 Å². The molecule has 8 nitrogen and oxygen atoms in total. The van der Waals surface area contributed by atoms with Gasteiger partial charge in [0.15, 0.2) is 0 Å². The van der Waals surface area contributed by atoms with Gasteiger partial charge in [0.1, 0.15) is 17.3 Å². The van der Waals surface area contributed by atoms with Crippen LogP contribution in [0.2, 0.25) is 0 Å². The second kappa shape index (κ2) is 11.3. The highest BCUT2D eigenvalue weighted by molar-refractivity contribution is 5.69. The molecule has 3 aromatic rings. The number of anilines is 1. The summed E-state index contributed by atoms with van der Waals surface area (Å²) >= 11 is 0. The summed E-state index contributed by atoms with van der Waals surface area (Å²) in [6.07, 6.45) is 4.06. The number of pyridine rings is 1. The number of hydrogen-bond acceptors (Lipinski definition) is 7. The van der Waals surface area contributed by atoms with Crippen LogP contribution in [-0.4, -0.2) is 59.7 Å². The number of oxazole rings is 1. The van der Waals surface area contributed by atoms with Crippen LogP contribution in [0.4, 0.5) is 5.82 Å². The molecule has 0 spiro atoms. The molecule has 0 fully saturated rings. The Morgan fingerprint density at radius 2 is 2.09 bits per heavy atom. The van der Waals surface area contributed by atoms with Gasteiger partial charge in [-0.2, -0.15) is 0 Å². The van der Waals surface area contributed by atoms with Crippen LogP contribution in [0.25, 0.3) is 11.5 Å². The van der Waals surface area contributed by atoms with Gasteiger partial charge in [-0.05, 0) is 36.8 Å². The van der Waals surface area contributed by atoms with Gasteiger partial charge in [-0.1, -0.05) is 18.2 Å². The SMILES string of the molecule is C=CCN(CC(=O)O)Cc1cccc(OCCc2nc(-c3ccc(N(C)C)nc3)oc2C)c1. The van der Waals surface area contributed by atoms with Gasteiger partial charge < -0.3 is 19.2 Å². The third kappa shape index (κ3) is 6.92. The third-order valence-corrected chi connectivity index (χ3v) is 5.00. The van der Waals surface area contributed by atoms with E-state index in [1.807, 2.05) is 62.3 Å². The highest BCUT2D eigenvalue weighted by atomic mass is 16.5. The van der Waals surface area contributed by atoms with Gasteiger partial charge in [-0.3, -0.25) is 9.69 Å². The molecule has 0 amide bonds. The van der Waals surface area contributed by atoms with E-state index in [9.17, 15) is 4.79 Å². The number of carbonyl (C=O) groups is 1. The molecule has 2 heterocycles. The lowest BCUT2D eigenvalue weighted by atomic mass is 10.2. The zero-order valence-corrected chi connectivity index (χ0v) is 19.3. The van der Waals surface area contributed by atoms with Gasteiger partial charge in [0.2, 0.25) is 5.89 Å². The first kappa shape index (κ1) is 24.0. The largest absolute Gasteiger partial charge is 0.493 e. The summed E-state index contributed by atoms with van der Waals surface area (Å²) in [5.74, 6) is 2.03. The van der Waals surface area contributed by atoms with Gasteiger partial charge in [0.25, 0.3) is 0 Å². The Kier molecular flexibility index (Phi) is 8.21. The second-order valence-electron chi connectivity index (χ2n) is 7.92. The molecule has 0 saturated carbocycles. The number of aromatic nitrogens is 2. The van der Waals surface area contributed by atoms with E-state index < -0.39 is 5.97 Å². The minimum atomic E-state index is -0.865. The molecule has 33 heavy (non-hydrogen) atoms. The Labute approximate surface area is 194 Å². The number of aryl methyl sites for hydroxylation is 1. The number of carboxylic acid groups (broad SMARTS) is 1. The van der Waals surface area contributed by atoms with Crippen molar-refractivity contribution in [1.29, 1.82) is 0 Å². The average Bonchev–Trinajstić information content (AvgIpc) is 3.14. The molecule has 0 aliphatic carbocycles. The van der Waals surface area contributed by atoms with Crippen LogP contribution in [0.3, 0.4) is 0 Å². The molecule has 3 rings (SSSR count). The number of aliphatic carboxylic acids is 1. The van der Waals surface area contributed by atoms with Gasteiger partial charge in [-0.25, -0.2) is 9.97 Å². The Bertz CT molecular complexity index is 1080. The van der Waals surface area contributed by atoms with E-state index in [4.69, 9.17) is 14.3 Å². The molecule has 2 aromatic heterocycles. The topological polar surface area (TPSA) is 91.9 Å². The minimum Gasteiger partial charge on any atom is -0.493 e. The standard InChI is InChI=1S/C25H30N4O4/c1-5-12-29(17-24(30)31)16-19-7-6-8-21(14-19)32-13-11-22-18(2)33-25(27-22)20-9-10-23(26-15-20)28(3)4/h5-10,14-15H,1,11-13,16-17H2,2-4H3,(H,30,31). The number of hydrogen-bond donors (Lipinski definition) is 1. The molecular formula is C25H30N4O4. The summed E-state index contributed by atoms with van der Waals surface area (Å²) in [4.78, 5) is 23.8. The van der Waals surface area contributed by atoms with Crippen LogP contribution in [-0.2, 0) is 17.8 Å². The number of carboxylic acids is 1. The predicted octanol–water partition coefficient (Wildman–Crippen LogP) is 3.81. The first-order valence-electron chi connectivity index (χ1n) is 10.7. The van der Waals surface area contributed by atoms with Crippen molar-refractivity contribution in [3.63, 3.8) is 0 Å². The van der Waals surface area contributed by atoms with Gasteiger partial charge >= 0.3 is 5.97 Å². The van der Waals surface area contributed by atoms with Crippen LogP contribution in [0.5, 0.6) is 5.75 Å². The van der Waals surface area contributed by atoms with Crippen molar-refractivity contribution in [2.45, 2.75) is 19.9 Å². The Morgan fingerprint density at radius 3 is 2.76 bits per heavy atom. The van der Waals surface area contributed by atoms with E-state index in [2.05, 4.69) is 16.5 Å². The maximum absolute atomic E-state index is 11.1. The molecule has 0 aliphatic heterocycles. The van der Waals surface area contributed by atoms with Crippen molar-refractivity contribution in [2.24, 2.45) is 0 Å². The maximum atomic E-state index is 11.1. The maximum Gasteiger partial charge on any atom is 0.317 e. The van der Waals surface area contributed by atoms with E-state index in [1.165, 1.54) is 0 Å². The lowest BCUT2D eigenvalue weighted by Crippen LogP contribution is -2.29. The first-order valence-corrected chi connectivity index (χ1v) is 10.7. The molecule has 8 heteroatoms. The van der Waals surface area contributed by atoms with Crippen LogP contribution in [0.1, 0.15) is 17.0 Å². The average molecular weight is 451 g/mol. The van der Waals surface area contributed by atoms with E-state index in [-0.39, 0.29) is 6.54 Å². The molecule has 0 aliphatic rings. The molecule has 0 bridgehead atoms. The van der Waals surface area contributed by atoms with Crippen molar-refractivity contribution in [3.05, 3.63) is 72.3 Å². The monoisotopic (exact) mass is 450 g/mol. The number of benzene rings is 1. The van der Waals surface area contributed by atoms with Crippen LogP contribution >= 0.6 is 0 Å². The zero-order valence-electron chi connectivity index (χ0n) is 19.3. The molecule has 1 N–H and O–H groups in total. The van der Waals surface area contributed by atoms with E-state index in [0.29, 0.717) is 32.0 Å². The fraction of sp³-hybridized carbons (Fsp3) is 0.320. The Morgan fingerprint density at radius 1 is 1.27 bits per heavy atom. The summed E-state index contributed by atoms with van der Waals surface area (Å²) < 4.78 is 11.8. The molecule has 0 saturated heterocycles. The van der Waals surface area contributed by atoms with Crippen molar-refractivity contribution in [2.75, 3.05) is 38.7 Å². The quantitative estimate of drug-likeness (QED) is 0.417. The van der Waals surface area contributed by atoms with Crippen molar-refractivity contribution < 1.29 is 19.1 Å². The third-order valence-electron chi connectivity index (χ3n) is 5.00. The van der Waals surface area contributed by atoms with E-state index >= 15 is 0 Å². The molecule has 0 atom stereocenters. The summed E-state index contributed by atoms with van der Waals surface area (Å²) in [5, 5.41) is 9.08. The Hall–Kier alpha value is -3.65. The van der Waals surface area contributed by atoms with Gasteiger partial charge in [-0.15, -0.1) is 6.58 Å². The predicted molar refractivity (Wildman–Crippen MR) is 128 cm³/mol. The fourth-order valence-corrected chi connectivity index (χ4v) is 3.38. The Balaban J connectivity index is 1.59.